The van der Waals surface area contributed by atoms with E-state index in [1.807, 2.05) is 24.3 Å². The average molecular weight is 422 g/mol. The minimum Gasteiger partial charge on any atom is -0.478 e. The van der Waals surface area contributed by atoms with Crippen LogP contribution in [-0.2, 0) is 10.0 Å². The van der Waals surface area contributed by atoms with Crippen molar-refractivity contribution in [3.63, 3.8) is 0 Å². The first-order valence-electron chi connectivity index (χ1n) is 9.61. The molecule has 4 aromatic rings. The molecule has 2 aromatic heterocycles. The van der Waals surface area contributed by atoms with Crippen LogP contribution in [0.5, 0.6) is 0 Å². The molecule has 0 aliphatic carbocycles. The van der Waals surface area contributed by atoms with Gasteiger partial charge < -0.3 is 9.52 Å². The second kappa shape index (κ2) is 6.93. The molecule has 0 spiro atoms. The molecule has 1 fully saturated rings. The van der Waals surface area contributed by atoms with Crippen LogP contribution in [0.4, 0.5) is 0 Å². The molecule has 152 valence electrons. The zero-order valence-corrected chi connectivity index (χ0v) is 16.7. The number of hydrogen-bond donors (Lipinski definition) is 1. The fourth-order valence-corrected chi connectivity index (χ4v) is 5.40. The van der Waals surface area contributed by atoms with Crippen LogP contribution in [0, 0.1) is 0 Å². The average Bonchev–Trinajstić information content (AvgIpc) is 3.42. The summed E-state index contributed by atoms with van der Waals surface area (Å²) in [6, 6.07) is 15.1. The van der Waals surface area contributed by atoms with Crippen molar-refractivity contribution in [2.75, 3.05) is 13.1 Å². The van der Waals surface area contributed by atoms with Gasteiger partial charge in [-0.05, 0) is 49.2 Å². The normalized spacial score (nSPS) is 15.2. The molecule has 0 atom stereocenters. The summed E-state index contributed by atoms with van der Waals surface area (Å²) < 4.78 is 33.0. The Morgan fingerprint density at radius 1 is 1.03 bits per heavy atom. The van der Waals surface area contributed by atoms with Crippen LogP contribution in [0.3, 0.4) is 0 Å². The third-order valence-electron chi connectivity index (χ3n) is 5.39. The Morgan fingerprint density at radius 3 is 2.53 bits per heavy atom. The van der Waals surface area contributed by atoms with E-state index in [0.717, 1.165) is 18.2 Å². The molecule has 30 heavy (non-hydrogen) atoms. The summed E-state index contributed by atoms with van der Waals surface area (Å²) in [5, 5.41) is 10.9. The number of hydrogen-bond acceptors (Lipinski definition) is 5. The fourth-order valence-electron chi connectivity index (χ4n) is 3.85. The Hall–Kier alpha value is -3.23. The Bertz CT molecular complexity index is 1370. The van der Waals surface area contributed by atoms with Gasteiger partial charge in [0.25, 0.3) is 0 Å². The van der Waals surface area contributed by atoms with Crippen molar-refractivity contribution in [3.8, 4) is 11.5 Å². The van der Waals surface area contributed by atoms with E-state index in [1.54, 1.807) is 12.1 Å². The number of aromatic nitrogens is 1. The topological polar surface area (TPSA) is 101 Å². The lowest BCUT2D eigenvalue weighted by Gasteiger charge is -2.16. The number of carboxylic acid groups (broad SMARTS) is 1. The van der Waals surface area contributed by atoms with Crippen LogP contribution >= 0.6 is 0 Å². The summed E-state index contributed by atoms with van der Waals surface area (Å²) in [6.07, 6.45) is 1.66. The standard InChI is InChI=1S/C22H18N2O5S/c25-22(26)17-13-19(21-11-14-5-1-2-6-20(14)29-21)23-18-8-7-15(12-16(17)18)30(27,28)24-9-3-4-10-24/h1-2,5-8,11-13H,3-4,9-10H2,(H,25,26). The highest BCUT2D eigenvalue weighted by atomic mass is 32.2. The zero-order chi connectivity index (χ0) is 20.9. The zero-order valence-electron chi connectivity index (χ0n) is 15.9. The van der Waals surface area contributed by atoms with Crippen molar-refractivity contribution < 1.29 is 22.7 Å². The van der Waals surface area contributed by atoms with Crippen molar-refractivity contribution >= 4 is 37.9 Å². The Balaban J connectivity index is 1.67. The van der Waals surface area contributed by atoms with Crippen molar-refractivity contribution in [2.24, 2.45) is 0 Å². The van der Waals surface area contributed by atoms with E-state index in [-0.39, 0.29) is 15.8 Å². The number of fused-ring (bicyclic) bond motifs is 2. The van der Waals surface area contributed by atoms with Crippen LogP contribution in [-0.4, -0.2) is 41.9 Å². The summed E-state index contributed by atoms with van der Waals surface area (Å²) >= 11 is 0. The van der Waals surface area contributed by atoms with Gasteiger partial charge in [0.05, 0.1) is 16.0 Å². The molecular formula is C22H18N2O5S. The molecule has 3 heterocycles. The second-order valence-electron chi connectivity index (χ2n) is 7.30. The Kier molecular flexibility index (Phi) is 4.34. The molecule has 8 heteroatoms. The maximum atomic E-state index is 12.9. The molecule has 1 N–H and O–H groups in total. The number of sulfonamides is 1. The number of carbonyl (C=O) groups is 1. The van der Waals surface area contributed by atoms with E-state index in [0.29, 0.717) is 35.6 Å². The summed E-state index contributed by atoms with van der Waals surface area (Å²) in [4.78, 5) is 16.6. The van der Waals surface area contributed by atoms with Crippen molar-refractivity contribution in [3.05, 3.63) is 60.2 Å². The predicted octanol–water partition coefficient (Wildman–Crippen LogP) is 4.13. The van der Waals surface area contributed by atoms with E-state index >= 15 is 0 Å². The predicted molar refractivity (Wildman–Crippen MR) is 112 cm³/mol. The van der Waals surface area contributed by atoms with Gasteiger partial charge in [-0.3, -0.25) is 0 Å². The lowest BCUT2D eigenvalue weighted by molar-refractivity contribution is 0.0699. The molecular weight excluding hydrogens is 404 g/mol. The summed E-state index contributed by atoms with van der Waals surface area (Å²) in [6.45, 7) is 0.963. The molecule has 1 saturated heterocycles. The third kappa shape index (κ3) is 3.05. The maximum Gasteiger partial charge on any atom is 0.336 e. The molecule has 1 aliphatic heterocycles. The number of furan rings is 1. The van der Waals surface area contributed by atoms with Crippen molar-refractivity contribution in [2.45, 2.75) is 17.7 Å². The second-order valence-corrected chi connectivity index (χ2v) is 9.24. The summed E-state index contributed by atoms with van der Waals surface area (Å²) in [7, 11) is -3.66. The van der Waals surface area contributed by atoms with Crippen molar-refractivity contribution in [1.29, 1.82) is 0 Å². The quantitative estimate of drug-likeness (QED) is 0.531. The van der Waals surface area contributed by atoms with Gasteiger partial charge in [-0.2, -0.15) is 4.31 Å². The summed E-state index contributed by atoms with van der Waals surface area (Å²) in [5.74, 6) is -0.704. The first kappa shape index (κ1) is 18.8. The number of benzene rings is 2. The summed E-state index contributed by atoms with van der Waals surface area (Å²) in [5.41, 5.74) is 1.43. The molecule has 0 amide bonds. The van der Waals surface area contributed by atoms with Gasteiger partial charge in [-0.25, -0.2) is 18.2 Å². The first-order chi connectivity index (χ1) is 14.4. The van der Waals surface area contributed by atoms with E-state index in [2.05, 4.69) is 4.98 Å². The highest BCUT2D eigenvalue weighted by Crippen LogP contribution is 2.31. The number of rotatable bonds is 4. The van der Waals surface area contributed by atoms with Gasteiger partial charge in [0.1, 0.15) is 11.3 Å². The van der Waals surface area contributed by atoms with Gasteiger partial charge in [0, 0.05) is 23.9 Å². The van der Waals surface area contributed by atoms with Crippen LogP contribution in [0.1, 0.15) is 23.2 Å². The van der Waals surface area contributed by atoms with Gasteiger partial charge in [0.2, 0.25) is 10.0 Å². The molecule has 1 aliphatic rings. The molecule has 2 aromatic carbocycles. The SMILES string of the molecule is O=C(O)c1cc(-c2cc3ccccc3o2)nc2ccc(S(=O)(=O)N3CCCC3)cc12. The highest BCUT2D eigenvalue weighted by Gasteiger charge is 2.28. The van der Waals surface area contributed by atoms with Crippen LogP contribution < -0.4 is 0 Å². The molecule has 0 unspecified atom stereocenters. The fraction of sp³-hybridized carbons (Fsp3) is 0.182. The lowest BCUT2D eigenvalue weighted by Crippen LogP contribution is -2.27. The molecule has 0 radical (unpaired) electrons. The van der Waals surface area contributed by atoms with Crippen molar-refractivity contribution in [1.82, 2.24) is 9.29 Å². The van der Waals surface area contributed by atoms with Gasteiger partial charge >= 0.3 is 5.97 Å². The molecule has 5 rings (SSSR count). The van der Waals surface area contributed by atoms with Gasteiger partial charge in [-0.15, -0.1) is 0 Å². The molecule has 0 saturated carbocycles. The van der Waals surface area contributed by atoms with Gasteiger partial charge in [-0.1, -0.05) is 18.2 Å². The number of aromatic carboxylic acids is 1. The monoisotopic (exact) mass is 422 g/mol. The third-order valence-corrected chi connectivity index (χ3v) is 7.29. The van der Waals surface area contributed by atoms with Crippen LogP contribution in [0.15, 0.2) is 63.9 Å². The number of pyridine rings is 1. The Morgan fingerprint density at radius 2 is 1.80 bits per heavy atom. The Labute approximate surface area is 172 Å². The smallest absolute Gasteiger partial charge is 0.336 e. The van der Waals surface area contributed by atoms with Gasteiger partial charge in [0.15, 0.2) is 5.76 Å². The maximum absolute atomic E-state index is 12.9. The first-order valence-corrected chi connectivity index (χ1v) is 11.0. The van der Waals surface area contributed by atoms with E-state index < -0.39 is 16.0 Å². The highest BCUT2D eigenvalue weighted by molar-refractivity contribution is 7.89. The molecule has 0 bridgehead atoms. The minimum atomic E-state index is -3.66. The van der Waals surface area contributed by atoms with E-state index in [1.165, 1.54) is 22.5 Å². The van der Waals surface area contributed by atoms with E-state index in [9.17, 15) is 18.3 Å². The molecule has 7 nitrogen and oxygen atoms in total. The lowest BCUT2D eigenvalue weighted by atomic mass is 10.1. The van der Waals surface area contributed by atoms with E-state index in [4.69, 9.17) is 4.42 Å². The number of nitrogens with zero attached hydrogens (tertiary/aromatic N) is 2. The minimum absolute atomic E-state index is 0.0195. The van der Waals surface area contributed by atoms with Crippen LogP contribution in [0.25, 0.3) is 33.3 Å². The number of para-hydroxylation sites is 1. The number of carboxylic acids is 1. The van der Waals surface area contributed by atoms with Crippen LogP contribution in [0.2, 0.25) is 0 Å². The largest absolute Gasteiger partial charge is 0.478 e.